The van der Waals surface area contributed by atoms with Crippen molar-refractivity contribution in [3.8, 4) is 0 Å². The second-order valence-corrected chi connectivity index (χ2v) is 8.29. The fraction of sp³-hybridized carbons (Fsp3) is 0.148. The van der Waals surface area contributed by atoms with Crippen molar-refractivity contribution in [2.45, 2.75) is 6.42 Å². The zero-order valence-corrected chi connectivity index (χ0v) is 19.1. The van der Waals surface area contributed by atoms with Crippen LogP contribution in [0.4, 0.5) is 17.1 Å². The molecule has 2 heterocycles. The summed E-state index contributed by atoms with van der Waals surface area (Å²) in [6.45, 7) is 0.565. The van der Waals surface area contributed by atoms with Crippen molar-refractivity contribution in [3.63, 3.8) is 0 Å². The number of anilines is 3. The fourth-order valence-corrected chi connectivity index (χ4v) is 4.54. The number of carbonyl (C=O) groups is 3. The molecule has 4 N–H and O–H groups in total. The Bertz CT molecular complexity index is 1380. The Morgan fingerprint density at radius 1 is 1.06 bits per heavy atom. The zero-order valence-electron chi connectivity index (χ0n) is 19.1. The molecular formula is C27H24N4O4. The molecule has 0 saturated carbocycles. The summed E-state index contributed by atoms with van der Waals surface area (Å²) in [6.07, 6.45) is 0.730. The third kappa shape index (κ3) is 4.04. The maximum absolute atomic E-state index is 13.1. The summed E-state index contributed by atoms with van der Waals surface area (Å²) in [6, 6.07) is 20.4. The van der Waals surface area contributed by atoms with Crippen LogP contribution in [0.5, 0.6) is 0 Å². The zero-order chi connectivity index (χ0) is 24.5. The van der Waals surface area contributed by atoms with E-state index in [9.17, 15) is 14.4 Å². The molecule has 0 aromatic heterocycles. The monoisotopic (exact) mass is 468 g/mol. The van der Waals surface area contributed by atoms with Gasteiger partial charge in [0.2, 0.25) is 5.91 Å². The Kier molecular flexibility index (Phi) is 5.80. The number of methoxy groups -OCH3 is 1. The van der Waals surface area contributed by atoms with Crippen molar-refractivity contribution in [2.75, 3.05) is 35.7 Å². The molecule has 0 bridgehead atoms. The van der Waals surface area contributed by atoms with Crippen molar-refractivity contribution >= 4 is 46.1 Å². The van der Waals surface area contributed by atoms with Crippen LogP contribution in [0.25, 0.3) is 11.3 Å². The number of nitrogens with zero attached hydrogens (tertiary/aromatic N) is 1. The van der Waals surface area contributed by atoms with Gasteiger partial charge in [0.1, 0.15) is 0 Å². The molecule has 176 valence electrons. The van der Waals surface area contributed by atoms with Gasteiger partial charge in [0.25, 0.3) is 5.91 Å². The molecule has 0 aliphatic carbocycles. The third-order valence-corrected chi connectivity index (χ3v) is 6.22. The van der Waals surface area contributed by atoms with Gasteiger partial charge in [-0.25, -0.2) is 4.79 Å². The van der Waals surface area contributed by atoms with E-state index in [4.69, 9.17) is 10.5 Å². The van der Waals surface area contributed by atoms with Crippen molar-refractivity contribution in [3.05, 3.63) is 89.0 Å². The minimum absolute atomic E-state index is 0.0318. The number of rotatable bonds is 5. The summed E-state index contributed by atoms with van der Waals surface area (Å²) in [5.41, 5.74) is 11.8. The van der Waals surface area contributed by atoms with Crippen LogP contribution in [-0.2, 0) is 20.7 Å². The van der Waals surface area contributed by atoms with Gasteiger partial charge in [0.05, 0.1) is 36.2 Å². The van der Waals surface area contributed by atoms with E-state index in [-0.39, 0.29) is 18.4 Å². The van der Waals surface area contributed by atoms with E-state index in [1.165, 1.54) is 7.11 Å². The van der Waals surface area contributed by atoms with Gasteiger partial charge in [0, 0.05) is 23.5 Å². The van der Waals surface area contributed by atoms with E-state index in [2.05, 4.69) is 10.6 Å². The van der Waals surface area contributed by atoms with Crippen LogP contribution in [-0.4, -0.2) is 38.0 Å². The lowest BCUT2D eigenvalue weighted by atomic mass is 9.99. The second-order valence-electron chi connectivity index (χ2n) is 8.29. The van der Waals surface area contributed by atoms with E-state index < -0.39 is 5.97 Å². The van der Waals surface area contributed by atoms with Crippen LogP contribution in [0.2, 0.25) is 0 Å². The minimum Gasteiger partial charge on any atom is -0.465 e. The van der Waals surface area contributed by atoms with Crippen molar-refractivity contribution < 1.29 is 19.1 Å². The number of nitrogens with two attached hydrogens (primary N) is 1. The first kappa shape index (κ1) is 22.4. The largest absolute Gasteiger partial charge is 0.465 e. The molecule has 8 nitrogen and oxygen atoms in total. The van der Waals surface area contributed by atoms with Crippen LogP contribution in [0.15, 0.2) is 66.7 Å². The predicted octanol–water partition coefficient (Wildman–Crippen LogP) is 3.25. The molecule has 2 amide bonds. The van der Waals surface area contributed by atoms with Gasteiger partial charge >= 0.3 is 5.97 Å². The molecular weight excluding hydrogens is 444 g/mol. The van der Waals surface area contributed by atoms with Gasteiger partial charge in [0.15, 0.2) is 0 Å². The highest BCUT2D eigenvalue weighted by Gasteiger charge is 2.30. The highest BCUT2D eigenvalue weighted by Crippen LogP contribution is 2.39. The predicted molar refractivity (Wildman–Crippen MR) is 135 cm³/mol. The number of amides is 2. The molecule has 35 heavy (non-hydrogen) atoms. The van der Waals surface area contributed by atoms with Crippen molar-refractivity contribution in [1.29, 1.82) is 0 Å². The van der Waals surface area contributed by atoms with Gasteiger partial charge in [-0.1, -0.05) is 36.4 Å². The summed E-state index contributed by atoms with van der Waals surface area (Å²) < 4.78 is 4.80. The number of esters is 1. The van der Waals surface area contributed by atoms with E-state index in [0.717, 1.165) is 28.9 Å². The molecule has 2 aliphatic rings. The summed E-state index contributed by atoms with van der Waals surface area (Å²) in [7, 11) is 1.32. The topological polar surface area (TPSA) is 114 Å². The molecule has 0 saturated heterocycles. The molecule has 0 radical (unpaired) electrons. The quantitative estimate of drug-likeness (QED) is 0.391. The van der Waals surface area contributed by atoms with Crippen LogP contribution >= 0.6 is 0 Å². The number of hydrogen-bond donors (Lipinski definition) is 3. The lowest BCUT2D eigenvalue weighted by molar-refractivity contribution is -0.117. The SMILES string of the molecule is COC(=O)c1ccc2c(c1)NC(=O)/C2=C(\Nc1ccc2c(c1)CCN2C(=O)CN)c1ccccc1. The fourth-order valence-electron chi connectivity index (χ4n) is 4.54. The first-order valence-corrected chi connectivity index (χ1v) is 11.2. The third-order valence-electron chi connectivity index (χ3n) is 6.22. The summed E-state index contributed by atoms with van der Waals surface area (Å²) in [4.78, 5) is 38.9. The molecule has 0 fully saturated rings. The van der Waals surface area contributed by atoms with Gasteiger partial charge in [-0.3, -0.25) is 9.59 Å². The number of nitrogens with one attached hydrogen (secondary N) is 2. The van der Waals surface area contributed by atoms with Crippen LogP contribution in [0.3, 0.4) is 0 Å². The molecule has 0 atom stereocenters. The Morgan fingerprint density at radius 3 is 2.60 bits per heavy atom. The van der Waals surface area contributed by atoms with Crippen LogP contribution in [0, 0.1) is 0 Å². The van der Waals surface area contributed by atoms with E-state index >= 15 is 0 Å². The van der Waals surface area contributed by atoms with E-state index in [1.54, 1.807) is 23.1 Å². The second kappa shape index (κ2) is 9.08. The van der Waals surface area contributed by atoms with Crippen molar-refractivity contribution in [2.24, 2.45) is 5.73 Å². The van der Waals surface area contributed by atoms with Gasteiger partial charge in [-0.15, -0.1) is 0 Å². The number of fused-ring (bicyclic) bond motifs is 2. The molecule has 0 unspecified atom stereocenters. The molecule has 5 rings (SSSR count). The van der Waals surface area contributed by atoms with Crippen molar-refractivity contribution in [1.82, 2.24) is 0 Å². The Morgan fingerprint density at radius 2 is 1.86 bits per heavy atom. The summed E-state index contributed by atoms with van der Waals surface area (Å²) >= 11 is 0. The molecule has 3 aromatic rings. The molecule has 3 aromatic carbocycles. The minimum atomic E-state index is -0.471. The van der Waals surface area contributed by atoms with E-state index in [0.29, 0.717) is 34.6 Å². The Balaban J connectivity index is 1.58. The molecule has 0 spiro atoms. The number of carbonyl (C=O) groups excluding carboxylic acids is 3. The Labute approximate surface area is 202 Å². The molecule has 2 aliphatic heterocycles. The number of benzene rings is 3. The van der Waals surface area contributed by atoms with Crippen LogP contribution in [0.1, 0.15) is 27.0 Å². The van der Waals surface area contributed by atoms with E-state index in [1.807, 2.05) is 48.5 Å². The first-order chi connectivity index (χ1) is 17.0. The van der Waals surface area contributed by atoms with Crippen LogP contribution < -0.4 is 21.3 Å². The first-order valence-electron chi connectivity index (χ1n) is 11.2. The summed E-state index contributed by atoms with van der Waals surface area (Å²) in [5.74, 6) is -0.849. The maximum Gasteiger partial charge on any atom is 0.337 e. The maximum atomic E-state index is 13.1. The average Bonchev–Trinajstić information content (AvgIpc) is 3.46. The van der Waals surface area contributed by atoms with Gasteiger partial charge < -0.3 is 26.0 Å². The Hall–Kier alpha value is -4.43. The standard InChI is InChI=1S/C27H24N4O4/c1-35-27(34)18-7-9-20-21(14-18)30-26(33)24(20)25(16-5-3-2-4-6-16)29-19-8-10-22-17(13-19)11-12-31(22)23(32)15-28/h2-10,13-14,29H,11-12,15,28H2,1H3,(H,30,33)/b25-24-. The smallest absolute Gasteiger partial charge is 0.337 e. The lowest BCUT2D eigenvalue weighted by Gasteiger charge is -2.18. The highest BCUT2D eigenvalue weighted by atomic mass is 16.5. The van der Waals surface area contributed by atoms with Gasteiger partial charge in [-0.05, 0) is 47.9 Å². The number of ether oxygens (including phenoxy) is 1. The molecule has 8 heteroatoms. The highest BCUT2D eigenvalue weighted by molar-refractivity contribution is 6.37. The normalized spacial score (nSPS) is 15.3. The lowest BCUT2D eigenvalue weighted by Crippen LogP contribution is -2.34. The average molecular weight is 469 g/mol. The van der Waals surface area contributed by atoms with Gasteiger partial charge in [-0.2, -0.15) is 0 Å². The summed E-state index contributed by atoms with van der Waals surface area (Å²) in [5, 5.41) is 6.31. The number of hydrogen-bond acceptors (Lipinski definition) is 6.